The number of hydrogen-bond acceptors (Lipinski definition) is 3. The van der Waals surface area contributed by atoms with Crippen molar-refractivity contribution in [3.63, 3.8) is 0 Å². The van der Waals surface area contributed by atoms with E-state index in [4.69, 9.17) is 9.47 Å². The molecule has 1 fully saturated rings. The Morgan fingerprint density at radius 3 is 2.55 bits per heavy atom. The zero-order valence-electron chi connectivity index (χ0n) is 11.9. The SMILES string of the molecule is COc1cc(Br)c(C)c(C(CC(=O)O)C2CC2)c1OC. The number of hydrogen-bond donors (Lipinski definition) is 1. The van der Waals surface area contributed by atoms with Crippen LogP contribution >= 0.6 is 15.9 Å². The fraction of sp³-hybridized carbons (Fsp3) is 0.533. The Balaban J connectivity index is 2.56. The molecule has 1 aliphatic carbocycles. The van der Waals surface area contributed by atoms with Crippen molar-refractivity contribution in [2.75, 3.05) is 14.2 Å². The van der Waals surface area contributed by atoms with Crippen molar-refractivity contribution >= 4 is 21.9 Å². The fourth-order valence-corrected chi connectivity index (χ4v) is 3.14. The summed E-state index contributed by atoms with van der Waals surface area (Å²) in [5, 5.41) is 9.19. The van der Waals surface area contributed by atoms with E-state index in [1.807, 2.05) is 13.0 Å². The first-order valence-corrected chi connectivity index (χ1v) is 7.41. The fourth-order valence-electron chi connectivity index (χ4n) is 2.72. The summed E-state index contributed by atoms with van der Waals surface area (Å²) in [5.74, 6) is 0.927. The molecule has 0 amide bonds. The molecular weight excluding hydrogens is 324 g/mol. The molecule has 1 atom stereocenters. The van der Waals surface area contributed by atoms with E-state index in [0.29, 0.717) is 17.4 Å². The molecule has 20 heavy (non-hydrogen) atoms. The lowest BCUT2D eigenvalue weighted by Gasteiger charge is -2.23. The third kappa shape index (κ3) is 2.92. The van der Waals surface area contributed by atoms with Crippen molar-refractivity contribution in [1.29, 1.82) is 0 Å². The number of benzene rings is 1. The summed E-state index contributed by atoms with van der Waals surface area (Å²) in [6.45, 7) is 1.98. The average molecular weight is 343 g/mol. The van der Waals surface area contributed by atoms with Gasteiger partial charge in [0, 0.05) is 16.0 Å². The smallest absolute Gasteiger partial charge is 0.303 e. The zero-order valence-corrected chi connectivity index (χ0v) is 13.5. The van der Waals surface area contributed by atoms with E-state index in [1.165, 1.54) is 0 Å². The van der Waals surface area contributed by atoms with Gasteiger partial charge in [-0.25, -0.2) is 0 Å². The maximum absolute atomic E-state index is 11.2. The van der Waals surface area contributed by atoms with Gasteiger partial charge in [-0.15, -0.1) is 0 Å². The molecule has 0 heterocycles. The Labute approximate surface area is 127 Å². The highest BCUT2D eigenvalue weighted by atomic mass is 79.9. The van der Waals surface area contributed by atoms with Gasteiger partial charge in [0.1, 0.15) is 0 Å². The molecule has 1 aliphatic rings. The van der Waals surface area contributed by atoms with Crippen LogP contribution in [0.15, 0.2) is 10.5 Å². The molecule has 0 spiro atoms. The quantitative estimate of drug-likeness (QED) is 0.855. The third-order valence-electron chi connectivity index (χ3n) is 3.87. The molecule has 1 aromatic rings. The minimum Gasteiger partial charge on any atom is -0.493 e. The second-order valence-corrected chi connectivity index (χ2v) is 6.03. The molecule has 110 valence electrons. The number of methoxy groups -OCH3 is 2. The van der Waals surface area contributed by atoms with E-state index >= 15 is 0 Å². The summed E-state index contributed by atoms with van der Waals surface area (Å²) in [4.78, 5) is 11.2. The van der Waals surface area contributed by atoms with Crippen LogP contribution in [-0.4, -0.2) is 25.3 Å². The molecular formula is C15H19BrO4. The second-order valence-electron chi connectivity index (χ2n) is 5.17. The van der Waals surface area contributed by atoms with Gasteiger partial charge in [0.15, 0.2) is 11.5 Å². The van der Waals surface area contributed by atoms with Gasteiger partial charge in [-0.05, 0) is 37.3 Å². The lowest BCUT2D eigenvalue weighted by molar-refractivity contribution is -0.137. The monoisotopic (exact) mass is 342 g/mol. The standard InChI is InChI=1S/C15H19BrO4/c1-8-11(16)7-12(19-2)15(20-3)14(8)10(6-13(17)18)9-4-5-9/h7,9-10H,4-6H2,1-3H3,(H,17,18). The second kappa shape index (κ2) is 6.04. The molecule has 1 saturated carbocycles. The minimum absolute atomic E-state index is 0.0196. The van der Waals surface area contributed by atoms with Crippen molar-refractivity contribution in [3.8, 4) is 11.5 Å². The van der Waals surface area contributed by atoms with E-state index in [-0.39, 0.29) is 12.3 Å². The van der Waals surface area contributed by atoms with Crippen molar-refractivity contribution in [1.82, 2.24) is 0 Å². The van der Waals surface area contributed by atoms with Gasteiger partial charge in [-0.3, -0.25) is 4.79 Å². The van der Waals surface area contributed by atoms with Crippen LogP contribution in [0.4, 0.5) is 0 Å². The molecule has 0 radical (unpaired) electrons. The molecule has 2 rings (SSSR count). The Hall–Kier alpha value is -1.23. The van der Waals surface area contributed by atoms with Crippen molar-refractivity contribution in [3.05, 3.63) is 21.7 Å². The summed E-state index contributed by atoms with van der Waals surface area (Å²) in [7, 11) is 3.19. The Morgan fingerprint density at radius 1 is 1.45 bits per heavy atom. The van der Waals surface area contributed by atoms with Gasteiger partial charge in [-0.1, -0.05) is 15.9 Å². The van der Waals surface area contributed by atoms with Crippen LogP contribution in [0, 0.1) is 12.8 Å². The molecule has 0 aromatic heterocycles. The highest BCUT2D eigenvalue weighted by Gasteiger charge is 2.37. The lowest BCUT2D eigenvalue weighted by Crippen LogP contribution is -2.12. The first kappa shape index (κ1) is 15.2. The van der Waals surface area contributed by atoms with Crippen molar-refractivity contribution < 1.29 is 19.4 Å². The van der Waals surface area contributed by atoms with Gasteiger partial charge in [0.25, 0.3) is 0 Å². The summed E-state index contributed by atoms with van der Waals surface area (Å²) >= 11 is 3.52. The van der Waals surface area contributed by atoms with Gasteiger partial charge in [-0.2, -0.15) is 0 Å². The number of halogens is 1. The Morgan fingerprint density at radius 2 is 2.10 bits per heavy atom. The summed E-state index contributed by atoms with van der Waals surface area (Å²) in [6.07, 6.45) is 2.28. The van der Waals surface area contributed by atoms with Crippen LogP contribution in [0.1, 0.15) is 36.3 Å². The molecule has 1 unspecified atom stereocenters. The highest BCUT2D eigenvalue weighted by Crippen LogP contribution is 2.51. The number of carbonyl (C=O) groups is 1. The van der Waals surface area contributed by atoms with Crippen LogP contribution in [0.5, 0.6) is 11.5 Å². The molecule has 0 aliphatic heterocycles. The van der Waals surface area contributed by atoms with Crippen LogP contribution in [-0.2, 0) is 4.79 Å². The van der Waals surface area contributed by atoms with E-state index in [0.717, 1.165) is 28.4 Å². The van der Waals surface area contributed by atoms with Gasteiger partial charge < -0.3 is 14.6 Å². The molecule has 4 nitrogen and oxygen atoms in total. The van der Waals surface area contributed by atoms with Crippen molar-refractivity contribution in [2.45, 2.75) is 32.1 Å². The number of carboxylic acid groups (broad SMARTS) is 1. The average Bonchev–Trinajstić information content (AvgIpc) is 3.22. The maximum atomic E-state index is 11.2. The molecule has 1 N–H and O–H groups in total. The molecule has 5 heteroatoms. The summed E-state index contributed by atoms with van der Waals surface area (Å²) in [6, 6.07) is 1.86. The van der Waals surface area contributed by atoms with Gasteiger partial charge in [0.05, 0.1) is 20.6 Å². The van der Waals surface area contributed by atoms with Crippen LogP contribution in [0.3, 0.4) is 0 Å². The largest absolute Gasteiger partial charge is 0.493 e. The van der Waals surface area contributed by atoms with Crippen molar-refractivity contribution in [2.24, 2.45) is 5.92 Å². The molecule has 1 aromatic carbocycles. The van der Waals surface area contributed by atoms with E-state index < -0.39 is 5.97 Å². The zero-order chi connectivity index (χ0) is 14.9. The number of rotatable bonds is 6. The van der Waals surface area contributed by atoms with Crippen LogP contribution < -0.4 is 9.47 Å². The highest BCUT2D eigenvalue weighted by molar-refractivity contribution is 9.10. The number of aliphatic carboxylic acids is 1. The lowest BCUT2D eigenvalue weighted by atomic mass is 9.87. The minimum atomic E-state index is -0.776. The first-order chi connectivity index (χ1) is 9.49. The predicted molar refractivity (Wildman–Crippen MR) is 79.7 cm³/mol. The van der Waals surface area contributed by atoms with E-state index in [1.54, 1.807) is 14.2 Å². The normalized spacial score (nSPS) is 15.8. The number of carboxylic acids is 1. The molecule has 0 saturated heterocycles. The Bertz CT molecular complexity index is 523. The first-order valence-electron chi connectivity index (χ1n) is 6.62. The maximum Gasteiger partial charge on any atom is 0.303 e. The Kier molecular flexibility index (Phi) is 4.58. The van der Waals surface area contributed by atoms with Crippen LogP contribution in [0.2, 0.25) is 0 Å². The third-order valence-corrected chi connectivity index (χ3v) is 4.69. The number of ether oxygens (including phenoxy) is 2. The molecule has 0 bridgehead atoms. The van der Waals surface area contributed by atoms with Gasteiger partial charge >= 0.3 is 5.97 Å². The summed E-state index contributed by atoms with van der Waals surface area (Å²) in [5.41, 5.74) is 1.99. The predicted octanol–water partition coefficient (Wildman–Crippen LogP) is 3.74. The van der Waals surface area contributed by atoms with E-state index in [2.05, 4.69) is 15.9 Å². The van der Waals surface area contributed by atoms with Crippen LogP contribution in [0.25, 0.3) is 0 Å². The van der Waals surface area contributed by atoms with E-state index in [9.17, 15) is 9.90 Å². The van der Waals surface area contributed by atoms with Gasteiger partial charge in [0.2, 0.25) is 0 Å². The summed E-state index contributed by atoms with van der Waals surface area (Å²) < 4.78 is 11.8. The topological polar surface area (TPSA) is 55.8 Å².